The van der Waals surface area contributed by atoms with Gasteiger partial charge in [-0.3, -0.25) is 4.99 Å². The van der Waals surface area contributed by atoms with E-state index in [0.717, 1.165) is 34.3 Å². The van der Waals surface area contributed by atoms with E-state index in [-0.39, 0.29) is 30.6 Å². The number of halogens is 3. The zero-order valence-electron chi connectivity index (χ0n) is 17.7. The van der Waals surface area contributed by atoms with Crippen LogP contribution in [0.2, 0.25) is 0 Å². The van der Waals surface area contributed by atoms with Crippen LogP contribution < -0.4 is 5.32 Å². The summed E-state index contributed by atoms with van der Waals surface area (Å²) in [6.07, 6.45) is 3.81. The first-order valence-corrected chi connectivity index (χ1v) is 10.6. The molecule has 8 heteroatoms. The van der Waals surface area contributed by atoms with E-state index in [9.17, 15) is 8.78 Å². The Morgan fingerprint density at radius 1 is 1.23 bits per heavy atom. The zero-order valence-corrected chi connectivity index (χ0v) is 17.7. The van der Waals surface area contributed by atoms with Gasteiger partial charge in [-0.2, -0.15) is 0 Å². The van der Waals surface area contributed by atoms with Crippen molar-refractivity contribution >= 4 is 22.9 Å². The van der Waals surface area contributed by atoms with Crippen molar-refractivity contribution in [1.29, 1.82) is 0 Å². The molecule has 0 saturated heterocycles. The first kappa shape index (κ1) is 20.0. The molecule has 1 N–H and O–H groups in total. The Kier molecular flexibility index (Phi) is 4.57. The van der Waals surface area contributed by atoms with Gasteiger partial charge in [0, 0.05) is 36.4 Å². The number of rotatable bonds is 4. The van der Waals surface area contributed by atoms with Gasteiger partial charge in [-0.25, -0.2) is 22.7 Å². The van der Waals surface area contributed by atoms with Crippen LogP contribution in [0.5, 0.6) is 0 Å². The van der Waals surface area contributed by atoms with Crippen molar-refractivity contribution < 1.29 is 13.2 Å². The Balaban J connectivity index is 1.50. The summed E-state index contributed by atoms with van der Waals surface area (Å²) in [6.45, 7) is 6.23. The molecule has 1 aromatic carbocycles. The smallest absolute Gasteiger partial charge is 0.252 e. The predicted molar refractivity (Wildman–Crippen MR) is 115 cm³/mol. The molecule has 0 radical (unpaired) electrons. The maximum Gasteiger partial charge on any atom is 0.252 e. The molecule has 3 heterocycles. The van der Waals surface area contributed by atoms with E-state index in [0.29, 0.717) is 17.6 Å². The van der Waals surface area contributed by atoms with Crippen LogP contribution >= 0.6 is 0 Å². The van der Waals surface area contributed by atoms with E-state index in [1.54, 1.807) is 16.9 Å². The highest BCUT2D eigenvalue weighted by atomic mass is 19.3. The molecule has 1 aliphatic carbocycles. The average Bonchev–Trinajstić information content (AvgIpc) is 3.09. The number of nitrogens with zero attached hydrogens (tertiary/aromatic N) is 4. The number of anilines is 1. The Labute approximate surface area is 178 Å². The average molecular weight is 427 g/mol. The second-order valence-corrected chi connectivity index (χ2v) is 9.04. The molecular weight excluding hydrogens is 403 g/mol. The number of hydrogen-bond donors (Lipinski definition) is 1. The van der Waals surface area contributed by atoms with Gasteiger partial charge in [-0.1, -0.05) is 13.8 Å². The minimum Gasteiger partial charge on any atom is -0.350 e. The number of aliphatic imine (C=N–C) groups is 1. The number of fused-ring (bicyclic) bond motifs is 2. The lowest BCUT2D eigenvalue weighted by Gasteiger charge is -2.35. The fraction of sp³-hybridized carbons (Fsp3) is 0.435. The van der Waals surface area contributed by atoms with E-state index in [1.165, 1.54) is 6.07 Å². The molecule has 2 aromatic heterocycles. The number of nitrogens with one attached hydrogen (secondary N) is 1. The molecule has 1 aliphatic heterocycles. The zero-order chi connectivity index (χ0) is 21.9. The highest BCUT2D eigenvalue weighted by Gasteiger charge is 2.45. The summed E-state index contributed by atoms with van der Waals surface area (Å²) in [5.41, 5.74) is 4.61. The van der Waals surface area contributed by atoms with E-state index in [2.05, 4.69) is 34.2 Å². The van der Waals surface area contributed by atoms with E-state index >= 15 is 4.39 Å². The third kappa shape index (κ3) is 3.58. The highest BCUT2D eigenvalue weighted by molar-refractivity contribution is 5.89. The fourth-order valence-corrected chi connectivity index (χ4v) is 4.59. The SMILES string of the molecule is CC1=Nc2c(F)cc(-c3ccn4nc(NC5CC(F)(F)C5)ncc34)cc2C(C(C)C)C1. The summed E-state index contributed by atoms with van der Waals surface area (Å²) in [5, 5.41) is 7.34. The van der Waals surface area contributed by atoms with Gasteiger partial charge >= 0.3 is 0 Å². The number of benzene rings is 1. The molecule has 1 unspecified atom stereocenters. The van der Waals surface area contributed by atoms with Crippen LogP contribution in [0.1, 0.15) is 51.5 Å². The minimum atomic E-state index is -2.60. The van der Waals surface area contributed by atoms with Gasteiger partial charge in [0.05, 0.1) is 11.7 Å². The largest absolute Gasteiger partial charge is 0.350 e. The van der Waals surface area contributed by atoms with Crippen LogP contribution in [-0.4, -0.2) is 32.3 Å². The van der Waals surface area contributed by atoms with Gasteiger partial charge in [0.15, 0.2) is 0 Å². The van der Waals surface area contributed by atoms with Gasteiger partial charge < -0.3 is 5.32 Å². The maximum absolute atomic E-state index is 15.0. The van der Waals surface area contributed by atoms with E-state index in [4.69, 9.17) is 0 Å². The molecule has 0 amide bonds. The molecule has 5 nitrogen and oxygen atoms in total. The molecule has 0 spiro atoms. The number of alkyl halides is 2. The molecule has 1 saturated carbocycles. The lowest BCUT2D eigenvalue weighted by Crippen LogP contribution is -2.44. The van der Waals surface area contributed by atoms with Crippen LogP contribution in [0.15, 0.2) is 35.6 Å². The highest BCUT2D eigenvalue weighted by Crippen LogP contribution is 2.43. The summed E-state index contributed by atoms with van der Waals surface area (Å²) >= 11 is 0. The Morgan fingerprint density at radius 2 is 2.00 bits per heavy atom. The molecule has 3 aromatic rings. The van der Waals surface area contributed by atoms with E-state index in [1.807, 2.05) is 19.1 Å². The van der Waals surface area contributed by atoms with Crippen molar-refractivity contribution in [2.24, 2.45) is 10.9 Å². The molecule has 5 rings (SSSR count). The number of aromatic nitrogens is 3. The van der Waals surface area contributed by atoms with Crippen molar-refractivity contribution in [1.82, 2.24) is 14.6 Å². The molecular formula is C23H24F3N5. The Bertz CT molecular complexity index is 1190. The van der Waals surface area contributed by atoms with Crippen LogP contribution in [0, 0.1) is 11.7 Å². The monoisotopic (exact) mass is 427 g/mol. The third-order valence-corrected chi connectivity index (χ3v) is 6.27. The van der Waals surface area contributed by atoms with Gasteiger partial charge in [0.2, 0.25) is 5.95 Å². The molecule has 1 atom stereocenters. The topological polar surface area (TPSA) is 54.6 Å². The summed E-state index contributed by atoms with van der Waals surface area (Å²) in [5.74, 6) is -2.06. The molecule has 2 aliphatic rings. The van der Waals surface area contributed by atoms with Crippen molar-refractivity contribution in [3.63, 3.8) is 0 Å². The Hall–Kier alpha value is -2.90. The summed E-state index contributed by atoms with van der Waals surface area (Å²) < 4.78 is 42.8. The van der Waals surface area contributed by atoms with Crippen molar-refractivity contribution in [2.75, 3.05) is 5.32 Å². The summed E-state index contributed by atoms with van der Waals surface area (Å²) in [6, 6.07) is 5.08. The first-order valence-electron chi connectivity index (χ1n) is 10.6. The Morgan fingerprint density at radius 3 is 2.71 bits per heavy atom. The van der Waals surface area contributed by atoms with Crippen molar-refractivity contribution in [2.45, 2.75) is 57.9 Å². The maximum atomic E-state index is 15.0. The van der Waals surface area contributed by atoms with Gasteiger partial charge in [0.25, 0.3) is 5.92 Å². The molecule has 162 valence electrons. The minimum absolute atomic E-state index is 0.210. The van der Waals surface area contributed by atoms with Crippen LogP contribution in [-0.2, 0) is 0 Å². The standard InChI is InChI=1S/C23H24F3N5/c1-12(2)17-6-13(3)28-21-18(17)7-14(8-19(21)24)16-4-5-31-20(16)11-27-22(30-31)29-15-9-23(25,26)10-15/h4-5,7-8,11-12,15,17H,6,9-10H2,1-3H3,(H,29,30). The second kappa shape index (κ2) is 7.07. The first-order chi connectivity index (χ1) is 14.7. The van der Waals surface area contributed by atoms with Gasteiger partial charge in [-0.15, -0.1) is 5.10 Å². The fourth-order valence-electron chi connectivity index (χ4n) is 4.59. The molecule has 1 fully saturated rings. The van der Waals surface area contributed by atoms with Crippen LogP contribution in [0.3, 0.4) is 0 Å². The lowest BCUT2D eigenvalue weighted by atomic mass is 9.80. The number of hydrogen-bond acceptors (Lipinski definition) is 4. The predicted octanol–water partition coefficient (Wildman–Crippen LogP) is 5.98. The van der Waals surface area contributed by atoms with Gasteiger partial charge in [0.1, 0.15) is 11.5 Å². The normalized spacial score (nSPS) is 20.5. The van der Waals surface area contributed by atoms with Crippen molar-refractivity contribution in [3.05, 3.63) is 42.0 Å². The van der Waals surface area contributed by atoms with E-state index < -0.39 is 5.92 Å². The van der Waals surface area contributed by atoms with Crippen LogP contribution in [0.25, 0.3) is 16.6 Å². The van der Waals surface area contributed by atoms with Crippen LogP contribution in [0.4, 0.5) is 24.8 Å². The lowest BCUT2D eigenvalue weighted by molar-refractivity contribution is -0.0794. The van der Waals surface area contributed by atoms with Crippen molar-refractivity contribution in [3.8, 4) is 11.1 Å². The summed E-state index contributed by atoms with van der Waals surface area (Å²) in [4.78, 5) is 8.77. The molecule has 31 heavy (non-hydrogen) atoms. The second-order valence-electron chi connectivity index (χ2n) is 9.04. The van der Waals surface area contributed by atoms with Gasteiger partial charge in [-0.05, 0) is 54.5 Å². The third-order valence-electron chi connectivity index (χ3n) is 6.27. The molecule has 0 bridgehead atoms. The quantitative estimate of drug-likeness (QED) is 0.557. The summed E-state index contributed by atoms with van der Waals surface area (Å²) in [7, 11) is 0.